The lowest BCUT2D eigenvalue weighted by Crippen LogP contribution is -2.38. The minimum absolute atomic E-state index is 0.0479. The minimum Gasteiger partial charge on any atom is -0.480 e. The number of carboxylic acid groups (broad SMARTS) is 1. The largest absolute Gasteiger partial charge is 0.480 e. The first kappa shape index (κ1) is 17.1. The van der Waals surface area contributed by atoms with Gasteiger partial charge in [0.2, 0.25) is 10.0 Å². The summed E-state index contributed by atoms with van der Waals surface area (Å²) in [6, 6.07) is 3.38. The molecular weight excluding hydrogens is 353 g/mol. The molecule has 112 valence electrons. The highest BCUT2D eigenvalue weighted by molar-refractivity contribution is 9.10. The van der Waals surface area contributed by atoms with E-state index in [0.717, 1.165) is 10.4 Å². The predicted molar refractivity (Wildman–Crippen MR) is 75.3 cm³/mol. The molecule has 0 saturated carbocycles. The molecule has 0 aliphatic rings. The Labute approximate surface area is 125 Å². The topological polar surface area (TPSA) is 74.7 Å². The van der Waals surface area contributed by atoms with Gasteiger partial charge >= 0.3 is 5.97 Å². The zero-order chi connectivity index (χ0) is 15.5. The fourth-order valence-electron chi connectivity index (χ4n) is 1.59. The molecule has 0 fully saturated rings. The van der Waals surface area contributed by atoms with Gasteiger partial charge < -0.3 is 5.11 Å². The van der Waals surface area contributed by atoms with Gasteiger partial charge in [0.1, 0.15) is 12.4 Å². The number of nitrogens with zero attached hydrogens (tertiary/aromatic N) is 1. The average molecular weight is 368 g/mol. The summed E-state index contributed by atoms with van der Waals surface area (Å²) in [4.78, 5) is 10.5. The first-order valence-corrected chi connectivity index (χ1v) is 8.05. The molecule has 1 aromatic carbocycles. The molecule has 0 aliphatic carbocycles. The molecule has 0 heterocycles. The van der Waals surface area contributed by atoms with Crippen molar-refractivity contribution in [1.82, 2.24) is 4.31 Å². The molecule has 0 aromatic heterocycles. The SMILES string of the molecule is CC(C)CN(CC(=O)O)S(=O)(=O)c1ccc(Br)c(F)c1. The van der Waals surface area contributed by atoms with Crippen LogP contribution in [0.1, 0.15) is 13.8 Å². The zero-order valence-corrected chi connectivity index (χ0v) is 13.4. The Balaban J connectivity index is 3.20. The van der Waals surface area contributed by atoms with Crippen molar-refractivity contribution >= 4 is 31.9 Å². The first-order valence-electron chi connectivity index (χ1n) is 5.81. The van der Waals surface area contributed by atoms with Crippen LogP contribution in [0.2, 0.25) is 0 Å². The summed E-state index contributed by atoms with van der Waals surface area (Å²) >= 11 is 2.94. The van der Waals surface area contributed by atoms with Crippen molar-refractivity contribution in [2.24, 2.45) is 5.92 Å². The molecule has 1 N–H and O–H groups in total. The van der Waals surface area contributed by atoms with E-state index in [1.54, 1.807) is 13.8 Å². The molecule has 0 amide bonds. The van der Waals surface area contributed by atoms with E-state index in [0.29, 0.717) is 0 Å². The van der Waals surface area contributed by atoms with Gasteiger partial charge in [-0.05, 0) is 40.0 Å². The van der Waals surface area contributed by atoms with Crippen LogP contribution in [0.15, 0.2) is 27.6 Å². The molecule has 0 bridgehead atoms. The van der Waals surface area contributed by atoms with Crippen LogP contribution in [-0.2, 0) is 14.8 Å². The van der Waals surface area contributed by atoms with Crippen LogP contribution >= 0.6 is 15.9 Å². The van der Waals surface area contributed by atoms with Gasteiger partial charge in [-0.25, -0.2) is 12.8 Å². The lowest BCUT2D eigenvalue weighted by atomic mass is 10.2. The van der Waals surface area contributed by atoms with Crippen molar-refractivity contribution in [2.75, 3.05) is 13.1 Å². The molecule has 5 nitrogen and oxygen atoms in total. The van der Waals surface area contributed by atoms with Gasteiger partial charge in [0.05, 0.1) is 9.37 Å². The van der Waals surface area contributed by atoms with E-state index in [9.17, 15) is 17.6 Å². The smallest absolute Gasteiger partial charge is 0.318 e. The van der Waals surface area contributed by atoms with Crippen molar-refractivity contribution in [3.8, 4) is 0 Å². The van der Waals surface area contributed by atoms with Crippen molar-refractivity contribution < 1.29 is 22.7 Å². The van der Waals surface area contributed by atoms with Gasteiger partial charge in [0, 0.05) is 6.54 Å². The number of aliphatic carboxylic acids is 1. The number of carboxylic acids is 1. The molecule has 0 aliphatic heterocycles. The van der Waals surface area contributed by atoms with Crippen molar-refractivity contribution in [3.05, 3.63) is 28.5 Å². The molecule has 8 heteroatoms. The fourth-order valence-corrected chi connectivity index (χ4v) is 3.40. The molecule has 0 spiro atoms. The summed E-state index contributed by atoms with van der Waals surface area (Å²) in [5.74, 6) is -2.03. The molecular formula is C12H15BrFNO4S. The lowest BCUT2D eigenvalue weighted by Gasteiger charge is -2.22. The summed E-state index contributed by atoms with van der Waals surface area (Å²) in [6.45, 7) is 2.93. The average Bonchev–Trinajstić information content (AvgIpc) is 2.30. The number of hydrogen-bond acceptors (Lipinski definition) is 3. The second-order valence-corrected chi connectivity index (χ2v) is 7.45. The predicted octanol–water partition coefficient (Wildman–Crippen LogP) is 2.32. The van der Waals surface area contributed by atoms with E-state index in [2.05, 4.69) is 15.9 Å². The Morgan fingerprint density at radius 2 is 2.05 bits per heavy atom. The molecule has 0 radical (unpaired) electrons. The highest BCUT2D eigenvalue weighted by Gasteiger charge is 2.27. The Bertz CT molecular complexity index is 603. The van der Waals surface area contributed by atoms with Crippen molar-refractivity contribution in [1.29, 1.82) is 0 Å². The number of sulfonamides is 1. The monoisotopic (exact) mass is 367 g/mol. The highest BCUT2D eigenvalue weighted by atomic mass is 79.9. The maximum atomic E-state index is 13.5. The third kappa shape index (κ3) is 4.26. The normalized spacial score (nSPS) is 12.1. The second-order valence-electron chi connectivity index (χ2n) is 4.66. The number of benzene rings is 1. The maximum absolute atomic E-state index is 13.5. The van der Waals surface area contributed by atoms with Gasteiger partial charge in [0.15, 0.2) is 0 Å². The molecule has 0 unspecified atom stereocenters. The zero-order valence-electron chi connectivity index (χ0n) is 11.0. The van der Waals surface area contributed by atoms with E-state index < -0.39 is 28.4 Å². The summed E-state index contributed by atoms with van der Waals surface area (Å²) < 4.78 is 39.1. The van der Waals surface area contributed by atoms with E-state index in [1.165, 1.54) is 12.1 Å². The Kier molecular flexibility index (Phi) is 5.67. The van der Waals surface area contributed by atoms with Crippen LogP contribution in [-0.4, -0.2) is 36.9 Å². The summed E-state index contributed by atoms with van der Waals surface area (Å²) in [5, 5.41) is 8.82. The molecule has 1 aromatic rings. The van der Waals surface area contributed by atoms with Gasteiger partial charge in [-0.2, -0.15) is 4.31 Å². The van der Waals surface area contributed by atoms with Crippen LogP contribution in [0.5, 0.6) is 0 Å². The van der Waals surface area contributed by atoms with Crippen molar-refractivity contribution in [2.45, 2.75) is 18.7 Å². The van der Waals surface area contributed by atoms with Crippen molar-refractivity contribution in [3.63, 3.8) is 0 Å². The van der Waals surface area contributed by atoms with Crippen LogP contribution in [0.4, 0.5) is 4.39 Å². The standard InChI is InChI=1S/C12H15BrFNO4S/c1-8(2)6-15(7-12(16)17)20(18,19)9-3-4-10(13)11(14)5-9/h3-5,8H,6-7H2,1-2H3,(H,16,17). The van der Waals surface area contributed by atoms with Crippen LogP contribution in [0, 0.1) is 11.7 Å². The summed E-state index contributed by atoms with van der Waals surface area (Å²) in [6.07, 6.45) is 0. The Hall–Kier alpha value is -0.990. The minimum atomic E-state index is -4.04. The van der Waals surface area contributed by atoms with Gasteiger partial charge in [0.25, 0.3) is 0 Å². The maximum Gasteiger partial charge on any atom is 0.318 e. The third-order valence-corrected chi connectivity index (χ3v) is 4.86. The lowest BCUT2D eigenvalue weighted by molar-refractivity contribution is -0.137. The number of carbonyl (C=O) groups is 1. The van der Waals surface area contributed by atoms with Gasteiger partial charge in [-0.3, -0.25) is 4.79 Å². The molecule has 0 saturated heterocycles. The Morgan fingerprint density at radius 3 is 2.50 bits per heavy atom. The Morgan fingerprint density at radius 1 is 1.45 bits per heavy atom. The summed E-state index contributed by atoms with van der Waals surface area (Å²) in [5.41, 5.74) is 0. The van der Waals surface area contributed by atoms with Crippen LogP contribution in [0.3, 0.4) is 0 Å². The summed E-state index contributed by atoms with van der Waals surface area (Å²) in [7, 11) is -4.04. The second kappa shape index (κ2) is 6.64. The van der Waals surface area contributed by atoms with E-state index >= 15 is 0 Å². The van der Waals surface area contributed by atoms with E-state index in [-0.39, 0.29) is 21.8 Å². The van der Waals surface area contributed by atoms with Gasteiger partial charge in [-0.15, -0.1) is 0 Å². The number of rotatable bonds is 6. The quantitative estimate of drug-likeness (QED) is 0.836. The van der Waals surface area contributed by atoms with Crippen LogP contribution < -0.4 is 0 Å². The van der Waals surface area contributed by atoms with Crippen LogP contribution in [0.25, 0.3) is 0 Å². The van der Waals surface area contributed by atoms with E-state index in [1.807, 2.05) is 0 Å². The molecule has 20 heavy (non-hydrogen) atoms. The van der Waals surface area contributed by atoms with Gasteiger partial charge in [-0.1, -0.05) is 13.8 Å². The number of hydrogen-bond donors (Lipinski definition) is 1. The van der Waals surface area contributed by atoms with E-state index in [4.69, 9.17) is 5.11 Å². The molecule has 0 atom stereocenters. The first-order chi connectivity index (χ1) is 9.14. The highest BCUT2D eigenvalue weighted by Crippen LogP contribution is 2.22. The number of halogens is 2. The fraction of sp³-hybridized carbons (Fsp3) is 0.417. The molecule has 1 rings (SSSR count). The third-order valence-electron chi connectivity index (χ3n) is 2.41.